The van der Waals surface area contributed by atoms with Gasteiger partial charge in [-0.3, -0.25) is 4.79 Å². The summed E-state index contributed by atoms with van der Waals surface area (Å²) in [5.74, 6) is 0.354. The maximum absolute atomic E-state index is 12.6. The summed E-state index contributed by atoms with van der Waals surface area (Å²) < 4.78 is 0. The van der Waals surface area contributed by atoms with Gasteiger partial charge in [0.15, 0.2) is 0 Å². The third-order valence-corrected chi connectivity index (χ3v) is 4.17. The summed E-state index contributed by atoms with van der Waals surface area (Å²) >= 11 is 0. The number of aromatic nitrogens is 1. The molecular weight excluding hydrogens is 262 g/mol. The predicted molar refractivity (Wildman–Crippen MR) is 85.1 cm³/mol. The van der Waals surface area contributed by atoms with Crippen LogP contribution < -0.4 is 11.1 Å². The van der Waals surface area contributed by atoms with Gasteiger partial charge in [-0.1, -0.05) is 43.9 Å². The van der Waals surface area contributed by atoms with Crippen LogP contribution in [0.2, 0.25) is 0 Å². The van der Waals surface area contributed by atoms with Crippen molar-refractivity contribution in [3.8, 4) is 0 Å². The highest BCUT2D eigenvalue weighted by atomic mass is 16.1. The number of para-hydroxylation sites is 1. The van der Waals surface area contributed by atoms with Gasteiger partial charge < -0.3 is 11.1 Å². The molecule has 110 valence electrons. The van der Waals surface area contributed by atoms with Crippen LogP contribution in [0.5, 0.6) is 0 Å². The van der Waals surface area contributed by atoms with E-state index in [4.69, 9.17) is 5.73 Å². The Morgan fingerprint density at radius 2 is 1.86 bits per heavy atom. The van der Waals surface area contributed by atoms with Gasteiger partial charge in [-0.05, 0) is 25.0 Å². The maximum Gasteiger partial charge on any atom is 0.252 e. The van der Waals surface area contributed by atoms with E-state index in [0.29, 0.717) is 11.4 Å². The lowest BCUT2D eigenvalue weighted by atomic mass is 10.1. The van der Waals surface area contributed by atoms with Crippen molar-refractivity contribution in [2.75, 3.05) is 5.73 Å². The molecular formula is C17H21N3O. The van der Waals surface area contributed by atoms with Crippen molar-refractivity contribution in [3.63, 3.8) is 0 Å². The molecule has 0 radical (unpaired) electrons. The molecule has 1 fully saturated rings. The molecule has 3 N–H and O–H groups in total. The number of benzene rings is 1. The van der Waals surface area contributed by atoms with E-state index >= 15 is 0 Å². The molecule has 1 heterocycles. The number of rotatable bonds is 2. The molecule has 0 spiro atoms. The molecule has 1 amide bonds. The number of carbonyl (C=O) groups excluding carboxylic acids is 1. The molecule has 3 rings (SSSR count). The van der Waals surface area contributed by atoms with E-state index in [0.717, 1.165) is 23.7 Å². The van der Waals surface area contributed by atoms with Gasteiger partial charge in [0.25, 0.3) is 5.91 Å². The first kappa shape index (κ1) is 13.9. The Labute approximate surface area is 124 Å². The van der Waals surface area contributed by atoms with E-state index in [1.165, 1.54) is 25.7 Å². The van der Waals surface area contributed by atoms with Gasteiger partial charge in [0.05, 0.1) is 11.1 Å². The Hall–Kier alpha value is -2.10. The highest BCUT2D eigenvalue weighted by Gasteiger charge is 2.18. The number of nitrogens with two attached hydrogens (primary N) is 1. The normalized spacial score (nSPS) is 16.6. The highest BCUT2D eigenvalue weighted by molar-refractivity contribution is 6.06. The van der Waals surface area contributed by atoms with Crippen molar-refractivity contribution in [1.82, 2.24) is 10.3 Å². The standard InChI is InChI=1S/C17H21N3O/c18-16-11-14(13-9-5-6-10-15(13)20-16)17(21)19-12-7-3-1-2-4-8-12/h5-6,9-12H,1-4,7-8H2,(H2,18,20)(H,19,21). The predicted octanol–water partition coefficient (Wildman–Crippen LogP) is 3.27. The van der Waals surface area contributed by atoms with E-state index in [1.807, 2.05) is 24.3 Å². The van der Waals surface area contributed by atoms with Gasteiger partial charge in [0.2, 0.25) is 0 Å². The van der Waals surface area contributed by atoms with Crippen molar-refractivity contribution in [2.45, 2.75) is 44.6 Å². The Morgan fingerprint density at radius 3 is 2.62 bits per heavy atom. The number of anilines is 1. The second-order valence-corrected chi connectivity index (χ2v) is 5.77. The number of nitrogen functional groups attached to an aromatic ring is 1. The van der Waals surface area contributed by atoms with Gasteiger partial charge in [-0.25, -0.2) is 4.98 Å². The Morgan fingerprint density at radius 1 is 1.14 bits per heavy atom. The van der Waals surface area contributed by atoms with E-state index in [-0.39, 0.29) is 11.9 Å². The summed E-state index contributed by atoms with van der Waals surface area (Å²) in [6.07, 6.45) is 7.10. The van der Waals surface area contributed by atoms with E-state index in [1.54, 1.807) is 6.07 Å². The van der Waals surface area contributed by atoms with E-state index in [2.05, 4.69) is 10.3 Å². The van der Waals surface area contributed by atoms with Crippen LogP contribution in [0.25, 0.3) is 10.9 Å². The first-order valence-corrected chi connectivity index (χ1v) is 7.70. The molecule has 4 nitrogen and oxygen atoms in total. The molecule has 0 bridgehead atoms. The zero-order chi connectivity index (χ0) is 14.7. The number of hydrogen-bond acceptors (Lipinski definition) is 3. The third-order valence-electron chi connectivity index (χ3n) is 4.17. The van der Waals surface area contributed by atoms with Crippen molar-refractivity contribution < 1.29 is 4.79 Å². The lowest BCUT2D eigenvalue weighted by molar-refractivity contribution is 0.0935. The van der Waals surface area contributed by atoms with Crippen LogP contribution >= 0.6 is 0 Å². The van der Waals surface area contributed by atoms with Crippen LogP contribution in [0.1, 0.15) is 48.9 Å². The summed E-state index contributed by atoms with van der Waals surface area (Å²) in [4.78, 5) is 16.9. The molecule has 1 saturated carbocycles. The molecule has 0 saturated heterocycles. The summed E-state index contributed by atoms with van der Waals surface area (Å²) in [6, 6.07) is 9.59. The topological polar surface area (TPSA) is 68.0 Å². The molecule has 21 heavy (non-hydrogen) atoms. The summed E-state index contributed by atoms with van der Waals surface area (Å²) in [5, 5.41) is 4.03. The van der Waals surface area contributed by atoms with Crippen molar-refractivity contribution >= 4 is 22.6 Å². The zero-order valence-electron chi connectivity index (χ0n) is 12.1. The number of pyridine rings is 1. The number of nitrogens with one attached hydrogen (secondary N) is 1. The molecule has 2 aromatic rings. The molecule has 1 aliphatic rings. The lowest BCUT2D eigenvalue weighted by Crippen LogP contribution is -2.34. The minimum absolute atomic E-state index is 0.0350. The van der Waals surface area contributed by atoms with Gasteiger partial charge >= 0.3 is 0 Å². The second kappa shape index (κ2) is 6.12. The third kappa shape index (κ3) is 3.15. The van der Waals surface area contributed by atoms with Crippen LogP contribution in [0.15, 0.2) is 30.3 Å². The van der Waals surface area contributed by atoms with Crippen LogP contribution in [0.4, 0.5) is 5.82 Å². The second-order valence-electron chi connectivity index (χ2n) is 5.77. The number of fused-ring (bicyclic) bond motifs is 1. The minimum atomic E-state index is -0.0350. The number of nitrogens with zero attached hydrogens (tertiary/aromatic N) is 1. The quantitative estimate of drug-likeness (QED) is 0.831. The average Bonchev–Trinajstić information content (AvgIpc) is 2.75. The monoisotopic (exact) mass is 283 g/mol. The minimum Gasteiger partial charge on any atom is -0.384 e. The molecule has 1 aromatic carbocycles. The van der Waals surface area contributed by atoms with Crippen LogP contribution in [-0.2, 0) is 0 Å². The summed E-state index contributed by atoms with van der Waals surface area (Å²) in [5.41, 5.74) is 7.22. The van der Waals surface area contributed by atoms with Gasteiger partial charge in [0.1, 0.15) is 5.82 Å². The van der Waals surface area contributed by atoms with Crippen molar-refractivity contribution in [1.29, 1.82) is 0 Å². The smallest absolute Gasteiger partial charge is 0.252 e. The largest absolute Gasteiger partial charge is 0.384 e. The van der Waals surface area contributed by atoms with Crippen LogP contribution in [0.3, 0.4) is 0 Å². The SMILES string of the molecule is Nc1cc(C(=O)NC2CCCCCC2)c2ccccc2n1. The molecule has 1 aliphatic carbocycles. The first-order valence-electron chi connectivity index (χ1n) is 7.70. The fourth-order valence-electron chi connectivity index (χ4n) is 3.07. The molecule has 1 aromatic heterocycles. The lowest BCUT2D eigenvalue weighted by Gasteiger charge is -2.17. The fourth-order valence-corrected chi connectivity index (χ4v) is 3.07. The Balaban J connectivity index is 1.87. The average molecular weight is 283 g/mol. The van der Waals surface area contributed by atoms with E-state index in [9.17, 15) is 4.79 Å². The Kier molecular flexibility index (Phi) is 4.04. The Bertz CT molecular complexity index is 646. The van der Waals surface area contributed by atoms with E-state index < -0.39 is 0 Å². The van der Waals surface area contributed by atoms with Gasteiger partial charge in [0, 0.05) is 11.4 Å². The van der Waals surface area contributed by atoms with Gasteiger partial charge in [-0.2, -0.15) is 0 Å². The van der Waals surface area contributed by atoms with Gasteiger partial charge in [-0.15, -0.1) is 0 Å². The number of carbonyl (C=O) groups is 1. The maximum atomic E-state index is 12.6. The van der Waals surface area contributed by atoms with Crippen molar-refractivity contribution in [2.24, 2.45) is 0 Å². The zero-order valence-corrected chi connectivity index (χ0v) is 12.1. The molecule has 4 heteroatoms. The number of amides is 1. The molecule has 0 atom stereocenters. The summed E-state index contributed by atoms with van der Waals surface area (Å²) in [7, 11) is 0. The van der Waals surface area contributed by atoms with Crippen LogP contribution in [-0.4, -0.2) is 16.9 Å². The first-order chi connectivity index (χ1) is 10.2. The van der Waals surface area contributed by atoms with Crippen molar-refractivity contribution in [3.05, 3.63) is 35.9 Å². The molecule has 0 unspecified atom stereocenters. The summed E-state index contributed by atoms with van der Waals surface area (Å²) in [6.45, 7) is 0. The highest BCUT2D eigenvalue weighted by Crippen LogP contribution is 2.21. The number of hydrogen-bond donors (Lipinski definition) is 2. The van der Waals surface area contributed by atoms with Crippen LogP contribution in [0, 0.1) is 0 Å². The fraction of sp³-hybridized carbons (Fsp3) is 0.412. The molecule has 0 aliphatic heterocycles.